The van der Waals surface area contributed by atoms with Crippen molar-refractivity contribution in [1.29, 1.82) is 0 Å². The third-order valence-electron chi connectivity index (χ3n) is 2.16. The molecule has 5 heteroatoms. The molecule has 0 N–H and O–H groups in total. The predicted molar refractivity (Wildman–Crippen MR) is 85.2 cm³/mol. The third kappa shape index (κ3) is 2.58. The highest BCUT2D eigenvalue weighted by Crippen LogP contribution is 2.41. The zero-order valence-electron chi connectivity index (χ0n) is 8.37. The summed E-state index contributed by atoms with van der Waals surface area (Å²) in [5.74, 6) is 0. The van der Waals surface area contributed by atoms with Crippen molar-refractivity contribution in [1.82, 2.24) is 0 Å². The minimum atomic E-state index is 1.13. The van der Waals surface area contributed by atoms with Crippen LogP contribution in [0.25, 0.3) is 19.5 Å². The van der Waals surface area contributed by atoms with E-state index in [1.165, 1.54) is 23.3 Å². The van der Waals surface area contributed by atoms with E-state index < -0.39 is 0 Å². The van der Waals surface area contributed by atoms with Crippen LogP contribution >= 0.6 is 65.9 Å². The molecule has 0 amide bonds. The van der Waals surface area contributed by atoms with Gasteiger partial charge in [0, 0.05) is 20.7 Å². The van der Waals surface area contributed by atoms with Crippen LogP contribution in [0.3, 0.4) is 0 Å². The summed E-state index contributed by atoms with van der Waals surface area (Å²) in [7, 11) is 0. The first kappa shape index (κ1) is 12.1. The van der Waals surface area contributed by atoms with Crippen molar-refractivity contribution in [3.8, 4) is 19.5 Å². The van der Waals surface area contributed by atoms with Crippen molar-refractivity contribution in [3.05, 3.63) is 44.0 Å². The Kier molecular flexibility index (Phi) is 3.54. The normalized spacial score (nSPS) is 10.9. The molecule has 0 unspecified atom stereocenters. The lowest BCUT2D eigenvalue weighted by Gasteiger charge is -1.89. The molecule has 0 atom stereocenters. The Morgan fingerprint density at radius 1 is 0.765 bits per heavy atom. The van der Waals surface area contributed by atoms with E-state index in [9.17, 15) is 0 Å². The molecule has 0 aliphatic carbocycles. The van der Waals surface area contributed by atoms with Crippen LogP contribution in [0, 0.1) is 6.07 Å². The monoisotopic (exact) mass is 403 g/mol. The summed E-state index contributed by atoms with van der Waals surface area (Å²) in [4.78, 5) is 5.10. The number of thiophene rings is 3. The molecule has 0 aliphatic heterocycles. The smallest absolute Gasteiger partial charge is 0.0711 e. The van der Waals surface area contributed by atoms with Crippen molar-refractivity contribution in [2.75, 3.05) is 0 Å². The SMILES string of the molecule is Brc1c[c]c(-c2ccc(-c3ccc(Br)s3)s2)s1. The van der Waals surface area contributed by atoms with Crippen LogP contribution in [0.5, 0.6) is 0 Å². The molecule has 0 aliphatic rings. The Bertz CT molecular complexity index is 593. The standard InChI is InChI=1S/C12H5Br2S3/c13-11-5-3-9(16-11)7-1-2-8(15-7)10-4-6-12(14)17-10/h1-3,5-6H. The van der Waals surface area contributed by atoms with Gasteiger partial charge in [-0.3, -0.25) is 0 Å². The Morgan fingerprint density at radius 2 is 1.47 bits per heavy atom. The number of hydrogen-bond acceptors (Lipinski definition) is 3. The highest BCUT2D eigenvalue weighted by Gasteiger charge is 2.08. The van der Waals surface area contributed by atoms with Gasteiger partial charge in [0.1, 0.15) is 0 Å². The Balaban J connectivity index is 1.98. The molecule has 85 valence electrons. The molecular formula is C12H5Br2S3. The lowest BCUT2D eigenvalue weighted by molar-refractivity contribution is 1.88. The molecule has 3 heterocycles. The summed E-state index contributed by atoms with van der Waals surface area (Å²) in [6, 6.07) is 13.8. The maximum Gasteiger partial charge on any atom is 0.0711 e. The highest BCUT2D eigenvalue weighted by atomic mass is 79.9. The highest BCUT2D eigenvalue weighted by molar-refractivity contribution is 9.11. The van der Waals surface area contributed by atoms with Gasteiger partial charge in [0.2, 0.25) is 0 Å². The third-order valence-corrected chi connectivity index (χ3v) is 6.78. The van der Waals surface area contributed by atoms with Crippen LogP contribution in [0.1, 0.15) is 0 Å². The molecule has 1 radical (unpaired) electrons. The molecule has 0 saturated carbocycles. The van der Waals surface area contributed by atoms with Crippen molar-refractivity contribution < 1.29 is 0 Å². The van der Waals surface area contributed by atoms with Crippen molar-refractivity contribution in [2.45, 2.75) is 0 Å². The van der Waals surface area contributed by atoms with E-state index in [0.717, 1.165) is 3.79 Å². The minimum absolute atomic E-state index is 1.13. The molecule has 0 nitrogen and oxygen atoms in total. The van der Waals surface area contributed by atoms with Crippen LogP contribution in [0.15, 0.2) is 37.9 Å². The first-order valence-electron chi connectivity index (χ1n) is 4.75. The second-order valence-electron chi connectivity index (χ2n) is 3.29. The second-order valence-corrected chi connectivity index (χ2v) is 9.27. The molecule has 17 heavy (non-hydrogen) atoms. The number of halogens is 2. The quantitative estimate of drug-likeness (QED) is 0.455. The molecule has 0 bridgehead atoms. The van der Waals surface area contributed by atoms with Crippen LogP contribution in [-0.4, -0.2) is 0 Å². The van der Waals surface area contributed by atoms with Gasteiger partial charge >= 0.3 is 0 Å². The van der Waals surface area contributed by atoms with Crippen molar-refractivity contribution in [2.24, 2.45) is 0 Å². The Hall–Kier alpha value is 0.0600. The number of hydrogen-bond donors (Lipinski definition) is 0. The van der Waals surface area contributed by atoms with E-state index in [1.54, 1.807) is 22.7 Å². The van der Waals surface area contributed by atoms with Crippen molar-refractivity contribution >= 4 is 65.9 Å². The molecular weight excluding hydrogens is 400 g/mol. The molecule has 0 saturated heterocycles. The zero-order valence-corrected chi connectivity index (χ0v) is 14.0. The van der Waals surface area contributed by atoms with E-state index in [4.69, 9.17) is 0 Å². The zero-order chi connectivity index (χ0) is 11.8. The first-order valence-corrected chi connectivity index (χ1v) is 8.79. The van der Waals surface area contributed by atoms with E-state index >= 15 is 0 Å². The van der Waals surface area contributed by atoms with Gasteiger partial charge in [-0.15, -0.1) is 34.0 Å². The van der Waals surface area contributed by atoms with Crippen LogP contribution in [0.2, 0.25) is 0 Å². The van der Waals surface area contributed by atoms with E-state index in [0.29, 0.717) is 0 Å². The topological polar surface area (TPSA) is 0 Å². The minimum Gasteiger partial charge on any atom is -0.133 e. The van der Waals surface area contributed by atoms with Gasteiger partial charge in [-0.1, -0.05) is 0 Å². The van der Waals surface area contributed by atoms with Crippen LogP contribution < -0.4 is 0 Å². The largest absolute Gasteiger partial charge is 0.133 e. The summed E-state index contributed by atoms with van der Waals surface area (Å²) >= 11 is 12.3. The molecule has 3 rings (SSSR count). The summed E-state index contributed by atoms with van der Waals surface area (Å²) in [5, 5.41) is 0. The van der Waals surface area contributed by atoms with Gasteiger partial charge < -0.3 is 0 Å². The van der Waals surface area contributed by atoms with Crippen LogP contribution in [0.4, 0.5) is 0 Å². The van der Waals surface area contributed by atoms with Gasteiger partial charge in [-0.2, -0.15) is 0 Å². The second kappa shape index (κ2) is 4.97. The molecule has 3 aromatic heterocycles. The van der Waals surface area contributed by atoms with Gasteiger partial charge in [0.15, 0.2) is 0 Å². The molecule has 0 aromatic carbocycles. The fourth-order valence-corrected chi connectivity index (χ4v) is 5.27. The van der Waals surface area contributed by atoms with E-state index in [-0.39, 0.29) is 0 Å². The average Bonchev–Trinajstić information content (AvgIpc) is 2.96. The fraction of sp³-hybridized carbons (Fsp3) is 0. The maximum atomic E-state index is 3.50. The van der Waals surface area contributed by atoms with Crippen LogP contribution in [-0.2, 0) is 0 Å². The predicted octanol–water partition coefficient (Wildman–Crippen LogP) is 6.53. The van der Waals surface area contributed by atoms with Crippen molar-refractivity contribution in [3.63, 3.8) is 0 Å². The lowest BCUT2D eigenvalue weighted by Crippen LogP contribution is -1.57. The molecule has 3 aromatic rings. The summed E-state index contributed by atoms with van der Waals surface area (Å²) in [5.41, 5.74) is 0. The van der Waals surface area contributed by atoms with Gasteiger partial charge in [0.25, 0.3) is 0 Å². The van der Waals surface area contributed by atoms with Gasteiger partial charge in [-0.05, 0) is 62.2 Å². The molecule has 0 spiro atoms. The number of rotatable bonds is 2. The maximum absolute atomic E-state index is 3.50. The van der Waals surface area contributed by atoms with E-state index in [1.807, 2.05) is 17.4 Å². The first-order chi connectivity index (χ1) is 8.22. The lowest BCUT2D eigenvalue weighted by atomic mass is 10.3. The van der Waals surface area contributed by atoms with Gasteiger partial charge in [-0.25, -0.2) is 0 Å². The van der Waals surface area contributed by atoms with Gasteiger partial charge in [0.05, 0.1) is 12.4 Å². The Labute approximate surface area is 128 Å². The summed E-state index contributed by atoms with van der Waals surface area (Å²) in [6.45, 7) is 0. The molecule has 0 fully saturated rings. The summed E-state index contributed by atoms with van der Waals surface area (Å²) in [6.07, 6.45) is 0. The fourth-order valence-electron chi connectivity index (χ4n) is 1.44. The average molecular weight is 405 g/mol. The summed E-state index contributed by atoms with van der Waals surface area (Å²) < 4.78 is 2.30. The van der Waals surface area contributed by atoms with E-state index in [2.05, 4.69) is 62.2 Å². The Morgan fingerprint density at radius 3 is 2.12 bits per heavy atom.